The van der Waals surface area contributed by atoms with Crippen LogP contribution < -0.4 is 10.1 Å². The van der Waals surface area contributed by atoms with Gasteiger partial charge >= 0.3 is 0 Å². The molecule has 2 heterocycles. The number of aromatic nitrogens is 1. The van der Waals surface area contributed by atoms with Crippen LogP contribution in [-0.2, 0) is 16.1 Å². The standard InChI is InChI=1S/C22H28N4O3S2/c1-6-20(28)26-8-7-25(12-15(26)3)13-17-10-19(14(2)9-18(17)29-5)30-21-11-23-22(31-21)24-16(4)27/h6,9-11,15H,1,7-8,12-13H2,2-5H3,(H,23,24,27)/t15-/m1/s1. The fourth-order valence-corrected chi connectivity index (χ4v) is 5.62. The van der Waals surface area contributed by atoms with Crippen LogP contribution in [0.2, 0.25) is 0 Å². The molecule has 31 heavy (non-hydrogen) atoms. The minimum atomic E-state index is -0.127. The molecule has 1 aliphatic rings. The van der Waals surface area contributed by atoms with Gasteiger partial charge in [-0.15, -0.1) is 0 Å². The van der Waals surface area contributed by atoms with E-state index in [1.54, 1.807) is 25.1 Å². The Balaban J connectivity index is 1.75. The molecule has 0 saturated carbocycles. The Morgan fingerprint density at radius 1 is 1.42 bits per heavy atom. The molecule has 0 bridgehead atoms. The molecule has 2 aromatic rings. The first kappa shape index (κ1) is 23.3. The number of thiazole rings is 1. The minimum absolute atomic E-state index is 0.0121. The third-order valence-electron chi connectivity index (χ3n) is 5.12. The van der Waals surface area contributed by atoms with Crippen LogP contribution in [0.5, 0.6) is 5.75 Å². The SMILES string of the molecule is C=CC(=O)N1CCN(Cc2cc(Sc3cnc(NC(C)=O)s3)c(C)cc2OC)C[C@H]1C. The Morgan fingerprint density at radius 3 is 2.84 bits per heavy atom. The van der Waals surface area contributed by atoms with E-state index in [1.165, 1.54) is 24.3 Å². The van der Waals surface area contributed by atoms with Gasteiger partial charge in [0, 0.05) is 49.6 Å². The summed E-state index contributed by atoms with van der Waals surface area (Å²) >= 11 is 3.09. The molecule has 0 unspecified atom stereocenters. The highest BCUT2D eigenvalue weighted by molar-refractivity contribution is 8.01. The van der Waals surface area contributed by atoms with Crippen molar-refractivity contribution in [2.75, 3.05) is 32.1 Å². The van der Waals surface area contributed by atoms with Crippen molar-refractivity contribution in [2.24, 2.45) is 0 Å². The second-order valence-corrected chi connectivity index (χ2v) is 9.89. The van der Waals surface area contributed by atoms with Crippen LogP contribution in [0.1, 0.15) is 25.0 Å². The molecule has 1 aliphatic heterocycles. The number of hydrogen-bond donors (Lipinski definition) is 1. The largest absolute Gasteiger partial charge is 0.496 e. The van der Waals surface area contributed by atoms with E-state index in [4.69, 9.17) is 4.74 Å². The van der Waals surface area contributed by atoms with Gasteiger partial charge < -0.3 is 15.0 Å². The van der Waals surface area contributed by atoms with E-state index in [-0.39, 0.29) is 17.9 Å². The number of benzene rings is 1. The number of piperazine rings is 1. The summed E-state index contributed by atoms with van der Waals surface area (Å²) in [4.78, 5) is 32.8. The predicted molar refractivity (Wildman–Crippen MR) is 125 cm³/mol. The Kier molecular flexibility index (Phi) is 7.74. The second-order valence-electron chi connectivity index (χ2n) is 7.52. The molecule has 1 aromatic carbocycles. The number of aryl methyl sites for hydroxylation is 1. The average Bonchev–Trinajstić information content (AvgIpc) is 3.15. The first-order chi connectivity index (χ1) is 14.8. The molecule has 9 heteroatoms. The van der Waals surface area contributed by atoms with Crippen molar-refractivity contribution in [3.05, 3.63) is 42.1 Å². The quantitative estimate of drug-likeness (QED) is 0.634. The number of nitrogens with one attached hydrogen (secondary N) is 1. The van der Waals surface area contributed by atoms with Gasteiger partial charge in [-0.3, -0.25) is 14.5 Å². The van der Waals surface area contributed by atoms with E-state index < -0.39 is 0 Å². The van der Waals surface area contributed by atoms with Crippen LogP contribution in [0.3, 0.4) is 0 Å². The third-order valence-corrected chi connectivity index (χ3v) is 7.29. The lowest BCUT2D eigenvalue weighted by atomic mass is 10.1. The van der Waals surface area contributed by atoms with Crippen LogP contribution in [0.4, 0.5) is 5.13 Å². The van der Waals surface area contributed by atoms with Gasteiger partial charge in [-0.25, -0.2) is 4.98 Å². The smallest absolute Gasteiger partial charge is 0.246 e. The van der Waals surface area contributed by atoms with E-state index in [9.17, 15) is 9.59 Å². The second kappa shape index (κ2) is 10.3. The number of methoxy groups -OCH3 is 1. The zero-order chi connectivity index (χ0) is 22.5. The molecule has 0 aliphatic carbocycles. The molecule has 0 radical (unpaired) electrons. The molecule has 0 spiro atoms. The summed E-state index contributed by atoms with van der Waals surface area (Å²) in [6, 6.07) is 4.37. The molecular weight excluding hydrogens is 432 g/mol. The maximum Gasteiger partial charge on any atom is 0.246 e. The van der Waals surface area contributed by atoms with E-state index in [0.29, 0.717) is 11.7 Å². The highest BCUT2D eigenvalue weighted by Gasteiger charge is 2.26. The van der Waals surface area contributed by atoms with Gasteiger partial charge in [-0.05, 0) is 37.6 Å². The van der Waals surface area contributed by atoms with Gasteiger partial charge in [0.2, 0.25) is 11.8 Å². The lowest BCUT2D eigenvalue weighted by molar-refractivity contribution is -0.130. The normalized spacial score (nSPS) is 16.8. The number of carbonyl (C=O) groups is 2. The van der Waals surface area contributed by atoms with Gasteiger partial charge in [0.1, 0.15) is 5.75 Å². The molecule has 1 atom stereocenters. The average molecular weight is 461 g/mol. The number of anilines is 1. The van der Waals surface area contributed by atoms with Crippen molar-refractivity contribution in [3.8, 4) is 5.75 Å². The lowest BCUT2D eigenvalue weighted by Crippen LogP contribution is -2.53. The Morgan fingerprint density at radius 2 is 2.19 bits per heavy atom. The van der Waals surface area contributed by atoms with Crippen LogP contribution in [0.25, 0.3) is 0 Å². The minimum Gasteiger partial charge on any atom is -0.496 e. The zero-order valence-corrected chi connectivity index (χ0v) is 19.9. The third kappa shape index (κ3) is 5.87. The van der Waals surface area contributed by atoms with Crippen molar-refractivity contribution < 1.29 is 14.3 Å². The van der Waals surface area contributed by atoms with E-state index >= 15 is 0 Å². The topological polar surface area (TPSA) is 74.8 Å². The first-order valence-electron chi connectivity index (χ1n) is 10.0. The van der Waals surface area contributed by atoms with E-state index in [1.807, 2.05) is 4.90 Å². The fraction of sp³-hybridized carbons (Fsp3) is 0.409. The van der Waals surface area contributed by atoms with Gasteiger partial charge in [-0.2, -0.15) is 0 Å². The van der Waals surface area contributed by atoms with E-state index in [0.717, 1.165) is 45.6 Å². The van der Waals surface area contributed by atoms with Crippen molar-refractivity contribution >= 4 is 40.0 Å². The van der Waals surface area contributed by atoms with Gasteiger partial charge in [0.15, 0.2) is 5.13 Å². The molecule has 7 nitrogen and oxygen atoms in total. The number of rotatable bonds is 7. The van der Waals surface area contributed by atoms with Crippen molar-refractivity contribution in [1.29, 1.82) is 0 Å². The van der Waals surface area contributed by atoms with Crippen LogP contribution >= 0.6 is 23.1 Å². The summed E-state index contributed by atoms with van der Waals surface area (Å²) in [6.07, 6.45) is 3.16. The molecule has 2 amide bonds. The first-order valence-corrected chi connectivity index (χ1v) is 11.7. The molecular formula is C22H28N4O3S2. The van der Waals surface area contributed by atoms with Crippen molar-refractivity contribution in [2.45, 2.75) is 42.5 Å². The Hall–Kier alpha value is -2.36. The molecule has 1 fully saturated rings. The van der Waals surface area contributed by atoms with Crippen LogP contribution in [0, 0.1) is 6.92 Å². The maximum absolute atomic E-state index is 12.0. The molecule has 1 N–H and O–H groups in total. The van der Waals surface area contributed by atoms with Crippen molar-refractivity contribution in [1.82, 2.24) is 14.8 Å². The fourth-order valence-electron chi connectivity index (χ4n) is 3.61. The number of nitrogens with zero attached hydrogens (tertiary/aromatic N) is 3. The molecule has 166 valence electrons. The Labute approximate surface area is 191 Å². The summed E-state index contributed by atoms with van der Waals surface area (Å²) in [6.45, 7) is 12.2. The van der Waals surface area contributed by atoms with Gasteiger partial charge in [0.25, 0.3) is 0 Å². The summed E-state index contributed by atoms with van der Waals surface area (Å²) in [5.41, 5.74) is 2.23. The molecule has 1 saturated heterocycles. The highest BCUT2D eigenvalue weighted by Crippen LogP contribution is 2.38. The number of amides is 2. The summed E-state index contributed by atoms with van der Waals surface area (Å²) < 4.78 is 6.66. The van der Waals surface area contributed by atoms with Gasteiger partial charge in [0.05, 0.1) is 17.5 Å². The van der Waals surface area contributed by atoms with Crippen LogP contribution in [-0.4, -0.2) is 59.4 Å². The number of carbonyl (C=O) groups excluding carboxylic acids is 2. The highest BCUT2D eigenvalue weighted by atomic mass is 32.2. The summed E-state index contributed by atoms with van der Waals surface area (Å²) in [5, 5.41) is 3.32. The lowest BCUT2D eigenvalue weighted by Gasteiger charge is -2.39. The van der Waals surface area contributed by atoms with Crippen LogP contribution in [0.15, 0.2) is 40.1 Å². The molecule has 1 aromatic heterocycles. The number of hydrogen-bond acceptors (Lipinski definition) is 7. The number of ether oxygens (including phenoxy) is 1. The summed E-state index contributed by atoms with van der Waals surface area (Å²) in [7, 11) is 1.69. The zero-order valence-electron chi connectivity index (χ0n) is 18.3. The monoisotopic (exact) mass is 460 g/mol. The Bertz CT molecular complexity index is 976. The summed E-state index contributed by atoms with van der Waals surface area (Å²) in [5.74, 6) is 0.724. The van der Waals surface area contributed by atoms with Crippen molar-refractivity contribution in [3.63, 3.8) is 0 Å². The van der Waals surface area contributed by atoms with E-state index in [2.05, 4.69) is 47.8 Å². The van der Waals surface area contributed by atoms with Gasteiger partial charge in [-0.1, -0.05) is 29.7 Å². The maximum atomic E-state index is 12.0. The molecule has 3 rings (SSSR count). The predicted octanol–water partition coefficient (Wildman–Crippen LogP) is 3.79.